The Balaban J connectivity index is 1.76. The Hall–Kier alpha value is -2.28. The minimum Gasteiger partial charge on any atom is -0.507 e. The number of nitrogens with zero attached hydrogens (tertiary/aromatic N) is 2. The Morgan fingerprint density at radius 2 is 1.96 bits per heavy atom. The molecule has 1 amide bonds. The summed E-state index contributed by atoms with van der Waals surface area (Å²) >= 11 is 0. The van der Waals surface area contributed by atoms with Crippen molar-refractivity contribution in [3.05, 3.63) is 29.8 Å². The van der Waals surface area contributed by atoms with E-state index in [1.54, 1.807) is 18.2 Å². The molecule has 150 valence electrons. The van der Waals surface area contributed by atoms with Gasteiger partial charge in [0.1, 0.15) is 5.75 Å². The van der Waals surface area contributed by atoms with Crippen LogP contribution in [-0.2, 0) is 0 Å². The Morgan fingerprint density at radius 3 is 2.63 bits per heavy atom. The van der Waals surface area contributed by atoms with Crippen LogP contribution in [0.1, 0.15) is 43.5 Å². The molecule has 7 nitrogen and oxygen atoms in total. The number of piperidine rings is 1. The molecule has 1 heterocycles. The molecule has 1 fully saturated rings. The molecule has 0 spiro atoms. The van der Waals surface area contributed by atoms with Crippen molar-refractivity contribution >= 4 is 11.9 Å². The van der Waals surface area contributed by atoms with Gasteiger partial charge in [-0.2, -0.15) is 0 Å². The van der Waals surface area contributed by atoms with Gasteiger partial charge in [0.05, 0.1) is 12.1 Å². The predicted molar refractivity (Wildman–Crippen MR) is 109 cm³/mol. The topological polar surface area (TPSA) is 89.0 Å². The molecule has 4 N–H and O–H groups in total. The molecule has 0 unspecified atom stereocenters. The highest BCUT2D eigenvalue weighted by Crippen LogP contribution is 2.14. The maximum Gasteiger partial charge on any atom is 0.255 e. The van der Waals surface area contributed by atoms with Gasteiger partial charge in [-0.05, 0) is 44.9 Å². The highest BCUT2D eigenvalue weighted by atomic mass is 16.3. The fourth-order valence-corrected chi connectivity index (χ4v) is 3.23. The number of carbonyl (C=O) groups excluding carboxylic acids is 1. The van der Waals surface area contributed by atoms with E-state index in [-0.39, 0.29) is 17.2 Å². The monoisotopic (exact) mass is 375 g/mol. The lowest BCUT2D eigenvalue weighted by atomic mass is 10.1. The highest BCUT2D eigenvalue weighted by molar-refractivity contribution is 5.96. The van der Waals surface area contributed by atoms with E-state index in [4.69, 9.17) is 0 Å². The second-order valence-corrected chi connectivity index (χ2v) is 6.79. The zero-order valence-corrected chi connectivity index (χ0v) is 16.5. The first kappa shape index (κ1) is 21.0. The van der Waals surface area contributed by atoms with Gasteiger partial charge in [0.15, 0.2) is 5.96 Å². The molecule has 1 aromatic carbocycles. The Bertz CT molecular complexity index is 612. The van der Waals surface area contributed by atoms with E-state index in [1.165, 1.54) is 19.0 Å². The summed E-state index contributed by atoms with van der Waals surface area (Å²) in [5, 5.41) is 19.3. The number of phenols is 1. The van der Waals surface area contributed by atoms with Gasteiger partial charge in [-0.25, -0.2) is 0 Å². The van der Waals surface area contributed by atoms with Crippen LogP contribution in [0.2, 0.25) is 0 Å². The Kier molecular flexibility index (Phi) is 8.91. The summed E-state index contributed by atoms with van der Waals surface area (Å²) in [4.78, 5) is 19.1. The van der Waals surface area contributed by atoms with Crippen molar-refractivity contribution < 1.29 is 9.90 Å². The fourth-order valence-electron chi connectivity index (χ4n) is 3.23. The third-order valence-corrected chi connectivity index (χ3v) is 4.63. The van der Waals surface area contributed by atoms with Crippen molar-refractivity contribution in [1.29, 1.82) is 0 Å². The normalized spacial score (nSPS) is 16.1. The van der Waals surface area contributed by atoms with Gasteiger partial charge in [-0.15, -0.1) is 0 Å². The highest BCUT2D eigenvalue weighted by Gasteiger charge is 2.19. The Morgan fingerprint density at radius 1 is 1.22 bits per heavy atom. The largest absolute Gasteiger partial charge is 0.507 e. The number of hydrogen-bond acceptors (Lipinski definition) is 4. The van der Waals surface area contributed by atoms with Crippen LogP contribution >= 0.6 is 0 Å². The van der Waals surface area contributed by atoms with Gasteiger partial charge >= 0.3 is 0 Å². The molecule has 0 atom stereocenters. The number of likely N-dealkylation sites (tertiary alicyclic amines) is 1. The average molecular weight is 376 g/mol. The summed E-state index contributed by atoms with van der Waals surface area (Å²) in [5.74, 6) is 0.496. The van der Waals surface area contributed by atoms with Gasteiger partial charge < -0.3 is 26.0 Å². The molecule has 1 aliphatic rings. The molecule has 0 bridgehead atoms. The van der Waals surface area contributed by atoms with E-state index in [1.807, 2.05) is 6.92 Å². The van der Waals surface area contributed by atoms with E-state index in [0.29, 0.717) is 19.1 Å². The second-order valence-electron chi connectivity index (χ2n) is 6.79. The lowest BCUT2D eigenvalue weighted by Crippen LogP contribution is -2.49. The number of nitrogens with one attached hydrogen (secondary N) is 3. The molecule has 1 saturated heterocycles. The van der Waals surface area contributed by atoms with Crippen LogP contribution in [0.15, 0.2) is 29.3 Å². The number of para-hydroxylation sites is 1. The van der Waals surface area contributed by atoms with Crippen molar-refractivity contribution in [2.75, 3.05) is 39.3 Å². The number of hydrogen-bond donors (Lipinski definition) is 4. The number of carbonyl (C=O) groups is 1. The summed E-state index contributed by atoms with van der Waals surface area (Å²) in [6, 6.07) is 6.96. The van der Waals surface area contributed by atoms with Crippen LogP contribution in [0.25, 0.3) is 0 Å². The molecule has 0 saturated carbocycles. The van der Waals surface area contributed by atoms with E-state index in [0.717, 1.165) is 38.4 Å². The molecule has 1 aromatic rings. The SMILES string of the molecule is CCCN1CCC(NC(=NCCNC(=O)c2ccccc2O)NCC)CC1. The van der Waals surface area contributed by atoms with Crippen LogP contribution in [-0.4, -0.2) is 67.2 Å². The summed E-state index contributed by atoms with van der Waals surface area (Å²) in [5.41, 5.74) is 0.283. The van der Waals surface area contributed by atoms with Crippen molar-refractivity contribution in [1.82, 2.24) is 20.9 Å². The van der Waals surface area contributed by atoms with Gasteiger partial charge in [0.25, 0.3) is 5.91 Å². The van der Waals surface area contributed by atoms with E-state index >= 15 is 0 Å². The van der Waals surface area contributed by atoms with Gasteiger partial charge in [0.2, 0.25) is 0 Å². The van der Waals surface area contributed by atoms with Gasteiger partial charge in [-0.3, -0.25) is 9.79 Å². The van der Waals surface area contributed by atoms with Crippen molar-refractivity contribution in [2.24, 2.45) is 4.99 Å². The molecular formula is C20H33N5O2. The van der Waals surface area contributed by atoms with Crippen LogP contribution in [0.4, 0.5) is 0 Å². The second kappa shape index (κ2) is 11.4. The molecular weight excluding hydrogens is 342 g/mol. The van der Waals surface area contributed by atoms with Crippen molar-refractivity contribution in [3.8, 4) is 5.75 Å². The standard InChI is InChI=1S/C20H33N5O2/c1-3-13-25-14-9-16(10-15-25)24-20(21-4-2)23-12-11-22-19(27)17-7-5-6-8-18(17)26/h5-8,16,26H,3-4,9-15H2,1-2H3,(H,22,27)(H2,21,23,24). The fraction of sp³-hybridized carbons (Fsp3) is 0.600. The van der Waals surface area contributed by atoms with Crippen LogP contribution in [0.3, 0.4) is 0 Å². The molecule has 1 aliphatic heterocycles. The van der Waals surface area contributed by atoms with Crippen LogP contribution < -0.4 is 16.0 Å². The first-order valence-electron chi connectivity index (χ1n) is 9.97. The number of aliphatic imine (C=N–C) groups is 1. The minimum absolute atomic E-state index is 0.0112. The number of benzene rings is 1. The zero-order valence-electron chi connectivity index (χ0n) is 16.5. The number of phenolic OH excluding ortho intramolecular Hbond substituents is 1. The van der Waals surface area contributed by atoms with Gasteiger partial charge in [0, 0.05) is 32.2 Å². The number of rotatable bonds is 8. The number of aromatic hydroxyl groups is 1. The zero-order chi connectivity index (χ0) is 19.5. The van der Waals surface area contributed by atoms with Gasteiger partial charge in [-0.1, -0.05) is 19.1 Å². The van der Waals surface area contributed by atoms with Crippen LogP contribution in [0, 0.1) is 0 Å². The summed E-state index contributed by atoms with van der Waals surface area (Å²) in [6.45, 7) is 9.38. The lowest BCUT2D eigenvalue weighted by Gasteiger charge is -2.32. The average Bonchev–Trinajstić information content (AvgIpc) is 2.67. The third-order valence-electron chi connectivity index (χ3n) is 4.63. The summed E-state index contributed by atoms with van der Waals surface area (Å²) < 4.78 is 0. The van der Waals surface area contributed by atoms with E-state index < -0.39 is 0 Å². The van der Waals surface area contributed by atoms with Crippen molar-refractivity contribution in [3.63, 3.8) is 0 Å². The molecule has 2 rings (SSSR count). The lowest BCUT2D eigenvalue weighted by molar-refractivity contribution is 0.0952. The van der Waals surface area contributed by atoms with Crippen molar-refractivity contribution in [2.45, 2.75) is 39.2 Å². The molecule has 7 heteroatoms. The van der Waals surface area contributed by atoms with E-state index in [2.05, 4.69) is 32.8 Å². The minimum atomic E-state index is -0.287. The van der Waals surface area contributed by atoms with Crippen LogP contribution in [0.5, 0.6) is 5.75 Å². The molecule has 0 aromatic heterocycles. The third kappa shape index (κ3) is 7.09. The summed E-state index contributed by atoms with van der Waals surface area (Å²) in [7, 11) is 0. The van der Waals surface area contributed by atoms with E-state index in [9.17, 15) is 9.90 Å². The predicted octanol–water partition coefficient (Wildman–Crippen LogP) is 1.55. The smallest absolute Gasteiger partial charge is 0.255 e. The first-order valence-corrected chi connectivity index (χ1v) is 9.97. The first-order chi connectivity index (χ1) is 13.1. The maximum atomic E-state index is 12.1. The number of guanidine groups is 1. The maximum absolute atomic E-state index is 12.1. The Labute approximate surface area is 162 Å². The quantitative estimate of drug-likeness (QED) is 0.315. The summed E-state index contributed by atoms with van der Waals surface area (Å²) in [6.07, 6.45) is 3.44. The molecule has 0 aliphatic carbocycles. The molecule has 0 radical (unpaired) electrons. The molecule has 27 heavy (non-hydrogen) atoms. The number of amides is 1.